The Morgan fingerprint density at radius 3 is 2.55 bits per heavy atom. The number of carbonyl (C=O) groups is 1. The SMILES string of the molecule is CC(C)[C@H]1CN(C)C(=O)N1c1ccnc(NC2(c3cn(-c4cc(Cl)cc(Cl)c4)cn3)CC2)n1. The summed E-state index contributed by atoms with van der Waals surface area (Å²) in [6.45, 7) is 4.91. The second-order valence-corrected chi connectivity index (χ2v) is 9.96. The van der Waals surface area contributed by atoms with E-state index in [4.69, 9.17) is 28.2 Å². The van der Waals surface area contributed by atoms with E-state index in [1.165, 1.54) is 0 Å². The zero-order valence-corrected chi connectivity index (χ0v) is 20.2. The number of amides is 2. The topological polar surface area (TPSA) is 79.2 Å². The average molecular weight is 486 g/mol. The first-order valence-corrected chi connectivity index (χ1v) is 11.7. The fourth-order valence-electron chi connectivity index (χ4n) is 4.27. The monoisotopic (exact) mass is 485 g/mol. The summed E-state index contributed by atoms with van der Waals surface area (Å²) in [7, 11) is 1.82. The van der Waals surface area contributed by atoms with Gasteiger partial charge in [-0.25, -0.2) is 14.8 Å². The summed E-state index contributed by atoms with van der Waals surface area (Å²) in [4.78, 5) is 30.0. The van der Waals surface area contributed by atoms with E-state index in [0.717, 1.165) is 24.2 Å². The number of anilines is 2. The van der Waals surface area contributed by atoms with Gasteiger partial charge in [0.1, 0.15) is 5.82 Å². The van der Waals surface area contributed by atoms with Crippen molar-refractivity contribution in [2.24, 2.45) is 5.92 Å². The number of halogens is 2. The van der Waals surface area contributed by atoms with Crippen LogP contribution in [0.15, 0.2) is 43.0 Å². The van der Waals surface area contributed by atoms with Crippen molar-refractivity contribution in [2.75, 3.05) is 23.8 Å². The maximum Gasteiger partial charge on any atom is 0.325 e. The number of urea groups is 1. The molecular formula is C23H25Cl2N7O. The molecule has 0 radical (unpaired) electrons. The van der Waals surface area contributed by atoms with Crippen LogP contribution in [0.3, 0.4) is 0 Å². The molecule has 1 aliphatic carbocycles. The van der Waals surface area contributed by atoms with Crippen LogP contribution in [0.4, 0.5) is 16.6 Å². The van der Waals surface area contributed by atoms with Crippen molar-refractivity contribution in [3.63, 3.8) is 0 Å². The molecule has 1 N–H and O–H groups in total. The maximum absolute atomic E-state index is 12.8. The molecule has 2 aliphatic rings. The molecule has 3 heterocycles. The van der Waals surface area contributed by atoms with E-state index >= 15 is 0 Å². The van der Waals surface area contributed by atoms with Gasteiger partial charge in [0, 0.05) is 41.7 Å². The Kier molecular flexibility index (Phi) is 5.45. The summed E-state index contributed by atoms with van der Waals surface area (Å²) in [6, 6.07) is 7.19. The Balaban J connectivity index is 1.39. The Bertz CT molecular complexity index is 1190. The third kappa shape index (κ3) is 4.13. The van der Waals surface area contributed by atoms with Crippen LogP contribution in [0.25, 0.3) is 5.69 Å². The number of benzene rings is 1. The minimum absolute atomic E-state index is 0.0431. The van der Waals surface area contributed by atoms with Crippen LogP contribution in [-0.4, -0.2) is 50.1 Å². The Hall–Kier alpha value is -2.84. The number of hydrogen-bond acceptors (Lipinski definition) is 5. The molecule has 1 atom stereocenters. The molecule has 0 spiro atoms. The van der Waals surface area contributed by atoms with Crippen LogP contribution in [0.5, 0.6) is 0 Å². The van der Waals surface area contributed by atoms with Crippen LogP contribution in [-0.2, 0) is 5.54 Å². The number of nitrogens with zero attached hydrogens (tertiary/aromatic N) is 6. The van der Waals surface area contributed by atoms with Crippen molar-refractivity contribution >= 4 is 41.0 Å². The maximum atomic E-state index is 12.8. The van der Waals surface area contributed by atoms with Gasteiger partial charge in [0.15, 0.2) is 0 Å². The number of imidazole rings is 1. The van der Waals surface area contributed by atoms with Crippen molar-refractivity contribution in [2.45, 2.75) is 38.3 Å². The van der Waals surface area contributed by atoms with Crippen molar-refractivity contribution in [3.05, 3.63) is 58.7 Å². The van der Waals surface area contributed by atoms with Gasteiger partial charge >= 0.3 is 6.03 Å². The third-order valence-corrected chi connectivity index (χ3v) is 6.74. The molecule has 8 nitrogen and oxygen atoms in total. The van der Waals surface area contributed by atoms with Crippen LogP contribution in [0.2, 0.25) is 10.0 Å². The number of carbonyl (C=O) groups excluding carboxylic acids is 1. The average Bonchev–Trinajstić information content (AvgIpc) is 3.23. The van der Waals surface area contributed by atoms with Gasteiger partial charge in [-0.1, -0.05) is 37.0 Å². The van der Waals surface area contributed by atoms with Crippen LogP contribution < -0.4 is 10.2 Å². The predicted molar refractivity (Wildman–Crippen MR) is 129 cm³/mol. The quantitative estimate of drug-likeness (QED) is 0.533. The molecule has 2 amide bonds. The highest BCUT2D eigenvalue weighted by molar-refractivity contribution is 6.34. The second kappa shape index (κ2) is 8.18. The Morgan fingerprint density at radius 2 is 1.88 bits per heavy atom. The molecule has 0 unspecified atom stereocenters. The van der Waals surface area contributed by atoms with E-state index in [-0.39, 0.29) is 17.6 Å². The van der Waals surface area contributed by atoms with Gasteiger partial charge < -0.3 is 14.8 Å². The van der Waals surface area contributed by atoms with Gasteiger partial charge in [-0.15, -0.1) is 0 Å². The lowest BCUT2D eigenvalue weighted by Gasteiger charge is -2.25. The van der Waals surface area contributed by atoms with E-state index in [9.17, 15) is 4.79 Å². The standard InChI is InChI=1S/C23H25Cl2N7O/c1-14(2)18-11-30(3)22(33)32(18)20-4-7-26-21(28-20)29-23(5-6-23)19-12-31(13-27-19)17-9-15(24)8-16(25)10-17/h4,7-10,12-14,18H,5-6,11H2,1-3H3,(H,26,28,29)/t18-/m1/s1. The van der Waals surface area contributed by atoms with Gasteiger partial charge in [0.2, 0.25) is 5.95 Å². The number of rotatable bonds is 6. The van der Waals surface area contributed by atoms with E-state index in [0.29, 0.717) is 34.3 Å². The fraction of sp³-hybridized carbons (Fsp3) is 0.391. The highest BCUT2D eigenvalue weighted by Crippen LogP contribution is 2.47. The number of likely N-dealkylation sites (N-methyl/N-ethyl adjacent to an activating group) is 1. The van der Waals surface area contributed by atoms with Crippen molar-refractivity contribution in [1.82, 2.24) is 24.4 Å². The second-order valence-electron chi connectivity index (χ2n) is 9.08. The summed E-state index contributed by atoms with van der Waals surface area (Å²) < 4.78 is 1.90. The lowest BCUT2D eigenvalue weighted by molar-refractivity contribution is 0.229. The zero-order chi connectivity index (χ0) is 23.3. The third-order valence-electron chi connectivity index (χ3n) is 6.30. The summed E-state index contributed by atoms with van der Waals surface area (Å²) in [5.74, 6) is 1.40. The molecule has 0 bridgehead atoms. The predicted octanol–water partition coefficient (Wildman–Crippen LogP) is 4.97. The number of aromatic nitrogens is 4. The molecule has 33 heavy (non-hydrogen) atoms. The molecule has 2 aromatic heterocycles. The zero-order valence-electron chi connectivity index (χ0n) is 18.7. The first kappa shape index (κ1) is 22.0. The summed E-state index contributed by atoms with van der Waals surface area (Å²) in [6.07, 6.45) is 7.24. The molecule has 1 saturated heterocycles. The molecule has 3 aromatic rings. The van der Waals surface area contributed by atoms with E-state index in [2.05, 4.69) is 29.1 Å². The summed E-state index contributed by atoms with van der Waals surface area (Å²) >= 11 is 12.3. The molecule has 1 aromatic carbocycles. The summed E-state index contributed by atoms with van der Waals surface area (Å²) in [5.41, 5.74) is 1.40. The minimum atomic E-state index is -0.338. The van der Waals surface area contributed by atoms with Gasteiger partial charge in [-0.3, -0.25) is 4.90 Å². The van der Waals surface area contributed by atoms with Crippen LogP contribution >= 0.6 is 23.2 Å². The van der Waals surface area contributed by atoms with Gasteiger partial charge in [-0.2, -0.15) is 4.98 Å². The smallest absolute Gasteiger partial charge is 0.325 e. The summed E-state index contributed by atoms with van der Waals surface area (Å²) in [5, 5.41) is 4.60. The molecule has 10 heteroatoms. The normalized spacial score (nSPS) is 19.5. The highest BCUT2D eigenvalue weighted by atomic mass is 35.5. The van der Waals surface area contributed by atoms with Crippen LogP contribution in [0.1, 0.15) is 32.4 Å². The van der Waals surface area contributed by atoms with Gasteiger partial charge in [-0.05, 0) is 43.0 Å². The van der Waals surface area contributed by atoms with Gasteiger partial charge in [0.05, 0.1) is 23.6 Å². The lowest BCUT2D eigenvalue weighted by atomic mass is 10.0. The van der Waals surface area contributed by atoms with E-state index in [1.54, 1.807) is 34.5 Å². The van der Waals surface area contributed by atoms with Crippen molar-refractivity contribution in [1.29, 1.82) is 0 Å². The highest BCUT2D eigenvalue weighted by Gasteiger charge is 2.47. The number of nitrogens with one attached hydrogen (secondary N) is 1. The van der Waals surface area contributed by atoms with Crippen LogP contribution in [0, 0.1) is 5.92 Å². The Morgan fingerprint density at radius 1 is 1.15 bits per heavy atom. The Labute approximate surface area is 202 Å². The largest absolute Gasteiger partial charge is 0.343 e. The first-order valence-electron chi connectivity index (χ1n) is 10.9. The minimum Gasteiger partial charge on any atom is -0.343 e. The molecule has 5 rings (SSSR count). The van der Waals surface area contributed by atoms with Crippen molar-refractivity contribution < 1.29 is 4.79 Å². The molecule has 1 aliphatic heterocycles. The fourth-order valence-corrected chi connectivity index (χ4v) is 4.78. The molecule has 1 saturated carbocycles. The van der Waals surface area contributed by atoms with Crippen molar-refractivity contribution in [3.8, 4) is 5.69 Å². The van der Waals surface area contributed by atoms with E-state index in [1.807, 2.05) is 29.9 Å². The van der Waals surface area contributed by atoms with E-state index < -0.39 is 0 Å². The molecular weight excluding hydrogens is 461 g/mol. The molecule has 2 fully saturated rings. The number of hydrogen-bond donors (Lipinski definition) is 1. The molecule has 172 valence electrons. The van der Waals surface area contributed by atoms with Gasteiger partial charge in [0.25, 0.3) is 0 Å². The first-order chi connectivity index (χ1) is 15.8. The lowest BCUT2D eigenvalue weighted by Crippen LogP contribution is -2.38.